The van der Waals surface area contributed by atoms with E-state index in [1.807, 2.05) is 0 Å². The fourth-order valence-electron chi connectivity index (χ4n) is 1.20. The summed E-state index contributed by atoms with van der Waals surface area (Å²) in [6.45, 7) is 0. The number of nitrogens with zero attached hydrogens (tertiary/aromatic N) is 2. The molecule has 2 rings (SSSR count). The zero-order valence-electron chi connectivity index (χ0n) is 7.92. The Bertz CT molecular complexity index is 528. The smallest absolute Gasteiger partial charge is 0.173 e. The normalized spacial score (nSPS) is 10.4. The van der Waals surface area contributed by atoms with Crippen LogP contribution in [0.2, 0.25) is 10.2 Å². The topological polar surface area (TPSA) is 51.8 Å². The highest BCUT2D eigenvalue weighted by molar-refractivity contribution is 6.33. The Hall–Kier alpha value is -1.39. The van der Waals surface area contributed by atoms with E-state index in [0.717, 1.165) is 0 Å². The molecule has 2 aromatic heterocycles. The van der Waals surface area contributed by atoms with Crippen molar-refractivity contribution < 1.29 is 4.39 Å². The fraction of sp³-hybridized carbons (Fsp3) is 0. The second-order valence-corrected chi connectivity index (χ2v) is 3.85. The van der Waals surface area contributed by atoms with Crippen LogP contribution in [0.1, 0.15) is 0 Å². The number of anilines is 1. The third-order valence-corrected chi connectivity index (χ3v) is 2.53. The van der Waals surface area contributed by atoms with Crippen molar-refractivity contribution in [3.63, 3.8) is 0 Å². The molecule has 0 atom stereocenters. The summed E-state index contributed by atoms with van der Waals surface area (Å²) < 4.78 is 13.7. The van der Waals surface area contributed by atoms with E-state index in [0.29, 0.717) is 10.7 Å². The van der Waals surface area contributed by atoms with Crippen LogP contribution in [0.3, 0.4) is 0 Å². The number of hydrogen-bond donors (Lipinski definition) is 1. The summed E-state index contributed by atoms with van der Waals surface area (Å²) in [6.07, 6.45) is 2.71. The lowest BCUT2D eigenvalue weighted by Crippen LogP contribution is -1.97. The predicted octanol–water partition coefficient (Wildman–Crippen LogP) is 3.17. The fourth-order valence-corrected chi connectivity index (χ4v) is 1.44. The molecule has 0 aromatic carbocycles. The number of rotatable bonds is 1. The minimum absolute atomic E-state index is 0.0863. The highest BCUT2D eigenvalue weighted by Crippen LogP contribution is 2.28. The summed E-state index contributed by atoms with van der Waals surface area (Å²) in [6, 6.07) is 3.15. The van der Waals surface area contributed by atoms with E-state index < -0.39 is 5.82 Å². The third-order valence-electron chi connectivity index (χ3n) is 2.01. The van der Waals surface area contributed by atoms with Gasteiger partial charge in [0.15, 0.2) is 5.82 Å². The van der Waals surface area contributed by atoms with Crippen molar-refractivity contribution in [2.45, 2.75) is 0 Å². The molecule has 6 heteroatoms. The number of aromatic nitrogens is 2. The highest BCUT2D eigenvalue weighted by Gasteiger charge is 2.12. The molecule has 82 valence electrons. The van der Waals surface area contributed by atoms with E-state index in [9.17, 15) is 4.39 Å². The van der Waals surface area contributed by atoms with Gasteiger partial charge in [-0.25, -0.2) is 9.37 Å². The lowest BCUT2D eigenvalue weighted by molar-refractivity contribution is 0.630. The van der Waals surface area contributed by atoms with Crippen LogP contribution in [0.15, 0.2) is 24.5 Å². The molecule has 0 saturated heterocycles. The first-order valence-corrected chi connectivity index (χ1v) is 5.06. The number of hydrogen-bond acceptors (Lipinski definition) is 3. The summed E-state index contributed by atoms with van der Waals surface area (Å²) in [5.74, 6) is -0.656. The minimum Gasteiger partial charge on any atom is -0.395 e. The lowest BCUT2D eigenvalue weighted by Gasteiger charge is -2.05. The average molecular weight is 258 g/mol. The molecule has 0 aliphatic heterocycles. The van der Waals surface area contributed by atoms with Gasteiger partial charge in [-0.05, 0) is 12.1 Å². The van der Waals surface area contributed by atoms with Gasteiger partial charge in [-0.3, -0.25) is 4.98 Å². The number of nitrogens with two attached hydrogens (primary N) is 1. The van der Waals surface area contributed by atoms with Crippen molar-refractivity contribution in [1.82, 2.24) is 9.97 Å². The lowest BCUT2D eigenvalue weighted by atomic mass is 10.2. The molecule has 0 unspecified atom stereocenters. The van der Waals surface area contributed by atoms with E-state index in [-0.39, 0.29) is 16.4 Å². The Morgan fingerprint density at radius 3 is 2.50 bits per heavy atom. The number of nitrogen functional groups attached to an aromatic ring is 1. The largest absolute Gasteiger partial charge is 0.395 e. The van der Waals surface area contributed by atoms with Crippen molar-refractivity contribution in [3.05, 3.63) is 40.5 Å². The van der Waals surface area contributed by atoms with Gasteiger partial charge in [0, 0.05) is 18.0 Å². The van der Waals surface area contributed by atoms with Gasteiger partial charge in [-0.2, -0.15) is 0 Å². The van der Waals surface area contributed by atoms with Gasteiger partial charge in [-0.15, -0.1) is 0 Å². The molecule has 2 heterocycles. The molecular formula is C10H6Cl2FN3. The van der Waals surface area contributed by atoms with Crippen LogP contribution in [-0.4, -0.2) is 9.97 Å². The van der Waals surface area contributed by atoms with Crippen molar-refractivity contribution in [1.29, 1.82) is 0 Å². The van der Waals surface area contributed by atoms with E-state index in [1.165, 1.54) is 12.4 Å². The molecule has 0 spiro atoms. The zero-order chi connectivity index (χ0) is 11.7. The minimum atomic E-state index is -0.656. The summed E-state index contributed by atoms with van der Waals surface area (Å²) in [5, 5.41) is 0.411. The maximum Gasteiger partial charge on any atom is 0.173 e. The Morgan fingerprint density at radius 1 is 1.12 bits per heavy atom. The standard InChI is InChI=1S/C10H6Cl2FN3/c11-6-4-16-10(8(13)9(6)14)5-1-2-7(12)15-3-5/h1-4H,(H2,14,16). The molecule has 3 nitrogen and oxygen atoms in total. The van der Waals surface area contributed by atoms with Crippen molar-refractivity contribution in [3.8, 4) is 11.3 Å². The van der Waals surface area contributed by atoms with Crippen LogP contribution >= 0.6 is 23.2 Å². The van der Waals surface area contributed by atoms with Crippen LogP contribution in [0.25, 0.3) is 11.3 Å². The van der Waals surface area contributed by atoms with E-state index >= 15 is 0 Å². The Balaban J connectivity index is 2.57. The molecule has 0 aliphatic rings. The third kappa shape index (κ3) is 1.94. The molecule has 0 aliphatic carbocycles. The molecule has 0 fully saturated rings. The van der Waals surface area contributed by atoms with Crippen molar-refractivity contribution in [2.75, 3.05) is 5.73 Å². The van der Waals surface area contributed by atoms with Gasteiger partial charge in [0.25, 0.3) is 0 Å². The molecule has 0 saturated carbocycles. The van der Waals surface area contributed by atoms with Gasteiger partial charge >= 0.3 is 0 Å². The Labute approximate surface area is 101 Å². The second-order valence-electron chi connectivity index (χ2n) is 3.05. The first kappa shape index (κ1) is 11.1. The van der Waals surface area contributed by atoms with Gasteiger partial charge in [-0.1, -0.05) is 23.2 Å². The van der Waals surface area contributed by atoms with E-state index in [4.69, 9.17) is 28.9 Å². The zero-order valence-corrected chi connectivity index (χ0v) is 9.43. The Kier molecular flexibility index (Phi) is 2.94. The molecule has 0 amide bonds. The summed E-state index contributed by atoms with van der Waals surface area (Å²) >= 11 is 11.3. The van der Waals surface area contributed by atoms with Gasteiger partial charge < -0.3 is 5.73 Å². The van der Waals surface area contributed by atoms with E-state index in [2.05, 4.69) is 9.97 Å². The second kappa shape index (κ2) is 4.23. The Morgan fingerprint density at radius 2 is 1.88 bits per heavy atom. The van der Waals surface area contributed by atoms with E-state index in [1.54, 1.807) is 12.1 Å². The monoisotopic (exact) mass is 257 g/mol. The molecule has 0 radical (unpaired) electrons. The quantitative estimate of drug-likeness (QED) is 0.799. The highest BCUT2D eigenvalue weighted by atomic mass is 35.5. The molecule has 16 heavy (non-hydrogen) atoms. The summed E-state index contributed by atoms with van der Waals surface area (Å²) in [4.78, 5) is 7.70. The van der Waals surface area contributed by atoms with Crippen LogP contribution < -0.4 is 5.73 Å². The first-order valence-electron chi connectivity index (χ1n) is 4.31. The van der Waals surface area contributed by atoms with Crippen molar-refractivity contribution >= 4 is 28.9 Å². The number of pyridine rings is 2. The molecule has 2 aromatic rings. The average Bonchev–Trinajstić information content (AvgIpc) is 2.28. The first-order chi connectivity index (χ1) is 7.59. The molecule has 2 N–H and O–H groups in total. The van der Waals surface area contributed by atoms with Crippen LogP contribution in [0, 0.1) is 5.82 Å². The van der Waals surface area contributed by atoms with Gasteiger partial charge in [0.1, 0.15) is 10.8 Å². The van der Waals surface area contributed by atoms with Gasteiger partial charge in [0.2, 0.25) is 0 Å². The maximum atomic E-state index is 13.7. The maximum absolute atomic E-state index is 13.7. The van der Waals surface area contributed by atoms with Crippen molar-refractivity contribution in [2.24, 2.45) is 0 Å². The van der Waals surface area contributed by atoms with Crippen LogP contribution in [0.4, 0.5) is 10.1 Å². The van der Waals surface area contributed by atoms with Gasteiger partial charge in [0.05, 0.1) is 10.7 Å². The number of halogens is 3. The van der Waals surface area contributed by atoms with Crippen LogP contribution in [-0.2, 0) is 0 Å². The van der Waals surface area contributed by atoms with Crippen LogP contribution in [0.5, 0.6) is 0 Å². The SMILES string of the molecule is Nc1c(Cl)cnc(-c2ccc(Cl)nc2)c1F. The molecular weight excluding hydrogens is 252 g/mol. The molecule has 0 bridgehead atoms. The predicted molar refractivity (Wildman–Crippen MR) is 61.9 cm³/mol. The summed E-state index contributed by atoms with van der Waals surface area (Å²) in [7, 11) is 0. The summed E-state index contributed by atoms with van der Waals surface area (Å²) in [5.41, 5.74) is 5.93.